The zero-order valence-corrected chi connectivity index (χ0v) is 29.9. The first-order valence-corrected chi connectivity index (χ1v) is 23.3. The number of nitrogens with zero attached hydrogens (tertiary/aromatic N) is 5. The largest absolute Gasteiger partial charge is 0.434 e. The van der Waals surface area contributed by atoms with E-state index in [0.717, 1.165) is 48.3 Å². The fourth-order valence-electron chi connectivity index (χ4n) is 5.28. The van der Waals surface area contributed by atoms with Crippen molar-refractivity contribution in [2.75, 3.05) is 13.2 Å². The van der Waals surface area contributed by atoms with Crippen LogP contribution in [0.4, 0.5) is 13.2 Å². The van der Waals surface area contributed by atoms with Crippen LogP contribution in [0.3, 0.4) is 0 Å². The van der Waals surface area contributed by atoms with Gasteiger partial charge in [-0.2, -0.15) is 18.4 Å². The number of carbonyl (C=O) groups excluding carboxylic acids is 1. The third-order valence-electron chi connectivity index (χ3n) is 8.20. The molecule has 13 heteroatoms. The summed E-state index contributed by atoms with van der Waals surface area (Å²) in [7, 11) is -2.78. The van der Waals surface area contributed by atoms with Crippen molar-refractivity contribution < 1.29 is 27.4 Å². The maximum Gasteiger partial charge on any atom is 0.434 e. The van der Waals surface area contributed by atoms with E-state index >= 15 is 0 Å². The molecule has 5 rings (SSSR count). The smallest absolute Gasteiger partial charge is 0.361 e. The van der Waals surface area contributed by atoms with Gasteiger partial charge in [-0.05, 0) is 66.7 Å². The summed E-state index contributed by atoms with van der Waals surface area (Å²) in [5.41, 5.74) is 1.50. The topological polar surface area (TPSA) is 95.0 Å². The fraction of sp³-hybridized carbons (Fsp3) is 0.471. The van der Waals surface area contributed by atoms with Crippen LogP contribution < -0.4 is 0 Å². The molecule has 0 atom stereocenters. The van der Waals surface area contributed by atoms with E-state index in [0.29, 0.717) is 41.7 Å². The number of ketones is 1. The quantitative estimate of drug-likeness (QED) is 0.0753. The van der Waals surface area contributed by atoms with Crippen molar-refractivity contribution in [3.8, 4) is 17.6 Å². The van der Waals surface area contributed by atoms with E-state index in [1.807, 2.05) is 10.6 Å². The van der Waals surface area contributed by atoms with E-state index in [1.165, 1.54) is 12.3 Å². The number of carbonyl (C=O) groups is 1. The molecule has 47 heavy (non-hydrogen) atoms. The van der Waals surface area contributed by atoms with E-state index in [9.17, 15) is 23.2 Å². The molecule has 1 fully saturated rings. The van der Waals surface area contributed by atoms with Crippen LogP contribution in [0.25, 0.3) is 22.6 Å². The molecule has 3 heterocycles. The average molecular weight is 682 g/mol. The van der Waals surface area contributed by atoms with Crippen LogP contribution in [0.2, 0.25) is 51.4 Å². The highest BCUT2D eigenvalue weighted by Gasteiger charge is 2.37. The Morgan fingerprint density at radius 3 is 2.28 bits per heavy atom. The number of nitriles is 1. The van der Waals surface area contributed by atoms with Gasteiger partial charge >= 0.3 is 6.18 Å². The Kier molecular flexibility index (Phi) is 9.98. The van der Waals surface area contributed by atoms with Crippen molar-refractivity contribution in [3.63, 3.8) is 0 Å². The van der Waals surface area contributed by atoms with Crippen molar-refractivity contribution in [2.45, 2.75) is 89.8 Å². The van der Waals surface area contributed by atoms with Crippen LogP contribution >= 0.6 is 0 Å². The lowest BCUT2D eigenvalue weighted by Crippen LogP contribution is -2.22. The number of fused-ring (bicyclic) bond motifs is 1. The number of aromatic nitrogens is 4. The molecular formula is C34H42F3N5O3Si2. The molecule has 8 nitrogen and oxygen atoms in total. The zero-order valence-electron chi connectivity index (χ0n) is 27.9. The van der Waals surface area contributed by atoms with Gasteiger partial charge in [0.1, 0.15) is 25.0 Å². The third kappa shape index (κ3) is 8.48. The molecule has 0 saturated heterocycles. The van der Waals surface area contributed by atoms with Gasteiger partial charge in [0.2, 0.25) is 0 Å². The van der Waals surface area contributed by atoms with E-state index in [1.54, 1.807) is 10.6 Å². The summed E-state index contributed by atoms with van der Waals surface area (Å²) in [5, 5.41) is 10.1. The van der Waals surface area contributed by atoms with Crippen LogP contribution in [0.15, 0.2) is 42.7 Å². The van der Waals surface area contributed by atoms with Crippen molar-refractivity contribution in [1.29, 1.82) is 5.26 Å². The van der Waals surface area contributed by atoms with Crippen molar-refractivity contribution in [2.24, 2.45) is 0 Å². The van der Waals surface area contributed by atoms with Gasteiger partial charge in [0.05, 0.1) is 22.3 Å². The van der Waals surface area contributed by atoms with Gasteiger partial charge in [-0.1, -0.05) is 39.3 Å². The molecule has 0 bridgehead atoms. The number of rotatable bonds is 14. The van der Waals surface area contributed by atoms with Crippen LogP contribution in [0.5, 0.6) is 0 Å². The summed E-state index contributed by atoms with van der Waals surface area (Å²) in [6.45, 7) is 14.8. The highest BCUT2D eigenvalue weighted by atomic mass is 28.3. The lowest BCUT2D eigenvalue weighted by molar-refractivity contribution is -0.141. The van der Waals surface area contributed by atoms with Crippen LogP contribution in [0, 0.1) is 11.3 Å². The van der Waals surface area contributed by atoms with Crippen molar-refractivity contribution >= 4 is 33.0 Å². The Bertz CT molecular complexity index is 1810. The summed E-state index contributed by atoms with van der Waals surface area (Å²) in [4.78, 5) is 22.1. The average Bonchev–Trinajstić information content (AvgIpc) is 3.66. The second-order valence-corrected chi connectivity index (χ2v) is 25.9. The molecule has 0 spiro atoms. The first kappa shape index (κ1) is 34.7. The monoisotopic (exact) mass is 681 g/mol. The molecule has 0 aliphatic heterocycles. The Labute approximate surface area is 275 Å². The van der Waals surface area contributed by atoms with Gasteiger partial charge in [0, 0.05) is 47.3 Å². The van der Waals surface area contributed by atoms with E-state index in [-0.39, 0.29) is 19.0 Å². The molecule has 1 aliphatic rings. The van der Waals surface area contributed by atoms with Gasteiger partial charge in [-0.15, -0.1) is 0 Å². The van der Waals surface area contributed by atoms with E-state index in [2.05, 4.69) is 56.4 Å². The number of halogens is 3. The highest BCUT2D eigenvalue weighted by Crippen LogP contribution is 2.42. The van der Waals surface area contributed by atoms with Crippen molar-refractivity contribution in [1.82, 2.24) is 19.1 Å². The molecule has 3 aromatic heterocycles. The Balaban J connectivity index is 1.63. The fourth-order valence-corrected chi connectivity index (χ4v) is 6.80. The van der Waals surface area contributed by atoms with Gasteiger partial charge in [0.25, 0.3) is 0 Å². The molecule has 1 aliphatic carbocycles. The predicted molar refractivity (Wildman–Crippen MR) is 181 cm³/mol. The summed E-state index contributed by atoms with van der Waals surface area (Å²) >= 11 is 0. The first-order chi connectivity index (χ1) is 22.1. The number of alkyl halides is 3. The number of hydrogen-bond acceptors (Lipinski definition) is 6. The van der Waals surface area contributed by atoms with Crippen molar-refractivity contribution in [3.05, 3.63) is 70.7 Å². The third-order valence-corrected chi connectivity index (χ3v) is 11.6. The Morgan fingerprint density at radius 2 is 1.68 bits per heavy atom. The normalized spacial score (nSPS) is 14.1. The second-order valence-electron chi connectivity index (χ2n) is 14.7. The second kappa shape index (κ2) is 13.5. The lowest BCUT2D eigenvalue weighted by atomic mass is 10.0. The van der Waals surface area contributed by atoms with Gasteiger partial charge in [-0.25, -0.2) is 4.98 Å². The zero-order chi connectivity index (χ0) is 34.1. The Hall–Kier alpha value is -3.58. The van der Waals surface area contributed by atoms with Crippen LogP contribution in [-0.2, 0) is 29.1 Å². The summed E-state index contributed by atoms with van der Waals surface area (Å²) in [6.07, 6.45) is -0.152. The van der Waals surface area contributed by atoms with Crippen LogP contribution in [-0.4, -0.2) is 54.2 Å². The molecule has 0 unspecified atom stereocenters. The molecule has 4 aromatic rings. The van der Waals surface area contributed by atoms with Crippen LogP contribution in [0.1, 0.15) is 51.5 Å². The Morgan fingerprint density at radius 1 is 1.02 bits per heavy atom. The number of benzene rings is 1. The number of imidazole rings is 1. The summed E-state index contributed by atoms with van der Waals surface area (Å²) in [5.74, 6) is 0.0177. The predicted octanol–water partition coefficient (Wildman–Crippen LogP) is 8.52. The minimum absolute atomic E-state index is 0.0460. The van der Waals surface area contributed by atoms with E-state index < -0.39 is 39.4 Å². The van der Waals surface area contributed by atoms with Gasteiger partial charge in [0.15, 0.2) is 17.3 Å². The molecular weight excluding hydrogens is 640 g/mol. The highest BCUT2D eigenvalue weighted by molar-refractivity contribution is 6.76. The number of ether oxygens (including phenoxy) is 2. The first-order valence-electron chi connectivity index (χ1n) is 15.9. The number of pyridine rings is 1. The minimum Gasteiger partial charge on any atom is -0.361 e. The summed E-state index contributed by atoms with van der Waals surface area (Å²) in [6, 6.07) is 12.1. The maximum absolute atomic E-state index is 13.8. The maximum atomic E-state index is 13.8. The number of hydrogen-bond donors (Lipinski definition) is 0. The molecule has 1 saturated carbocycles. The molecule has 0 amide bonds. The van der Waals surface area contributed by atoms with Gasteiger partial charge in [-0.3, -0.25) is 14.3 Å². The molecule has 250 valence electrons. The standard InChI is InChI=1S/C34H42F3N5O3Si2/c1-46(2,3)14-12-44-21-41-20-26(31(43)27-8-7-11-39-32(27)34(35,36)37)18-29(41)33-40-30-25(19-38)16-24(23-9-10-23)17-28(30)42(33)22-45-13-15-47(4,5)6/h7-8,11,16-18,20,23H,9-10,12-15,21-22H2,1-6H3. The lowest BCUT2D eigenvalue weighted by Gasteiger charge is -2.18. The SMILES string of the molecule is C[Si](C)(C)CCOCn1cc(C(=O)c2cccnc2C(F)(F)F)cc1-c1nc2c(C#N)cc(C3CC3)cc2n1COCC[Si](C)(C)C. The van der Waals surface area contributed by atoms with Gasteiger partial charge < -0.3 is 14.0 Å². The molecule has 0 N–H and O–H groups in total. The van der Waals surface area contributed by atoms with E-state index in [4.69, 9.17) is 14.5 Å². The minimum atomic E-state index is -4.80. The molecule has 1 aromatic carbocycles. The molecule has 0 radical (unpaired) electrons. The summed E-state index contributed by atoms with van der Waals surface area (Å²) < 4.78 is 57.4.